The van der Waals surface area contributed by atoms with E-state index in [1.165, 1.54) is 0 Å². The lowest BCUT2D eigenvalue weighted by atomic mass is 9.84. The number of halogens is 3. The van der Waals surface area contributed by atoms with Crippen LogP contribution in [0.25, 0.3) is 0 Å². The summed E-state index contributed by atoms with van der Waals surface area (Å²) in [4.78, 5) is 4.20. The molecule has 1 saturated heterocycles. The number of aliphatic hydroxyl groups is 1. The van der Waals surface area contributed by atoms with Crippen LogP contribution < -0.4 is 4.74 Å². The molecule has 26 heavy (non-hydrogen) atoms. The summed E-state index contributed by atoms with van der Waals surface area (Å²) in [6.07, 6.45) is -3.42. The molecule has 0 bridgehead atoms. The second kappa shape index (κ2) is 7.74. The number of benzene rings is 1. The van der Waals surface area contributed by atoms with E-state index in [4.69, 9.17) is 4.74 Å². The molecule has 7 heteroatoms. The average Bonchev–Trinajstić information content (AvgIpc) is 2.77. The molecule has 4 nitrogen and oxygen atoms in total. The van der Waals surface area contributed by atoms with Crippen LogP contribution in [0.5, 0.6) is 5.75 Å². The van der Waals surface area contributed by atoms with Gasteiger partial charge in [-0.2, -0.15) is 13.2 Å². The van der Waals surface area contributed by atoms with Crippen molar-refractivity contribution in [2.24, 2.45) is 0 Å². The van der Waals surface area contributed by atoms with Gasteiger partial charge >= 0.3 is 6.18 Å². The van der Waals surface area contributed by atoms with Crippen LogP contribution >= 0.6 is 0 Å². The first-order valence-corrected chi connectivity index (χ1v) is 9.21. The zero-order chi connectivity index (χ0) is 18.8. The van der Waals surface area contributed by atoms with Crippen LogP contribution in [0.2, 0.25) is 0 Å². The van der Waals surface area contributed by atoms with Crippen LogP contribution in [0.15, 0.2) is 18.2 Å². The SMILES string of the molecule is CN1CCC(O)(c2ccc3c(c2)CN(CCCC(F)(F)F)CCO3)CC1. The summed E-state index contributed by atoms with van der Waals surface area (Å²) in [5, 5.41) is 11.0. The lowest BCUT2D eigenvalue weighted by molar-refractivity contribution is -0.136. The van der Waals surface area contributed by atoms with Crippen LogP contribution in [-0.2, 0) is 12.1 Å². The Hall–Kier alpha value is -1.31. The van der Waals surface area contributed by atoms with Gasteiger partial charge in [-0.25, -0.2) is 0 Å². The van der Waals surface area contributed by atoms with Crippen molar-refractivity contribution in [2.45, 2.75) is 44.0 Å². The van der Waals surface area contributed by atoms with Gasteiger partial charge in [-0.05, 0) is 50.6 Å². The molecule has 146 valence electrons. The Morgan fingerprint density at radius 2 is 1.92 bits per heavy atom. The molecule has 2 aliphatic rings. The van der Waals surface area contributed by atoms with Gasteiger partial charge < -0.3 is 14.7 Å². The molecule has 0 amide bonds. The molecular weight excluding hydrogens is 345 g/mol. The predicted molar refractivity (Wildman–Crippen MR) is 93.1 cm³/mol. The van der Waals surface area contributed by atoms with E-state index < -0.39 is 18.2 Å². The monoisotopic (exact) mass is 372 g/mol. The minimum Gasteiger partial charge on any atom is -0.492 e. The highest BCUT2D eigenvalue weighted by Gasteiger charge is 2.34. The number of rotatable bonds is 4. The van der Waals surface area contributed by atoms with Gasteiger partial charge in [0.15, 0.2) is 0 Å². The highest BCUT2D eigenvalue weighted by molar-refractivity contribution is 5.40. The first kappa shape index (κ1) is 19.5. The number of hydrogen-bond donors (Lipinski definition) is 1. The Morgan fingerprint density at radius 1 is 1.19 bits per heavy atom. The van der Waals surface area contributed by atoms with Crippen molar-refractivity contribution in [1.82, 2.24) is 9.80 Å². The van der Waals surface area contributed by atoms with Crippen LogP contribution in [0.1, 0.15) is 36.8 Å². The zero-order valence-electron chi connectivity index (χ0n) is 15.2. The van der Waals surface area contributed by atoms with E-state index in [0.29, 0.717) is 39.1 Å². The molecule has 1 aromatic rings. The second-order valence-electron chi connectivity index (χ2n) is 7.50. The second-order valence-corrected chi connectivity index (χ2v) is 7.50. The fraction of sp³-hybridized carbons (Fsp3) is 0.684. The maximum Gasteiger partial charge on any atom is 0.389 e. The topological polar surface area (TPSA) is 35.9 Å². The Morgan fingerprint density at radius 3 is 2.62 bits per heavy atom. The van der Waals surface area contributed by atoms with Gasteiger partial charge in [0.25, 0.3) is 0 Å². The van der Waals surface area contributed by atoms with Gasteiger partial charge in [0.2, 0.25) is 0 Å². The summed E-state index contributed by atoms with van der Waals surface area (Å²) >= 11 is 0. The summed E-state index contributed by atoms with van der Waals surface area (Å²) in [5.74, 6) is 0.767. The third-order valence-corrected chi connectivity index (χ3v) is 5.41. The molecule has 1 fully saturated rings. The Labute approximate surface area is 152 Å². The van der Waals surface area contributed by atoms with E-state index in [1.54, 1.807) is 0 Å². The lowest BCUT2D eigenvalue weighted by Gasteiger charge is -2.37. The van der Waals surface area contributed by atoms with Crippen LogP contribution in [0.4, 0.5) is 13.2 Å². The zero-order valence-corrected chi connectivity index (χ0v) is 15.2. The molecule has 0 aromatic heterocycles. The number of piperidine rings is 1. The van der Waals surface area contributed by atoms with Gasteiger partial charge in [0.05, 0.1) is 5.60 Å². The molecule has 2 aliphatic heterocycles. The van der Waals surface area contributed by atoms with E-state index >= 15 is 0 Å². The van der Waals surface area contributed by atoms with Crippen LogP contribution in [0.3, 0.4) is 0 Å². The number of likely N-dealkylation sites (tertiary alicyclic amines) is 1. The Balaban J connectivity index is 1.69. The van der Waals surface area contributed by atoms with Crippen molar-refractivity contribution in [3.63, 3.8) is 0 Å². The standard InChI is InChI=1S/C19H27F3N2O2/c1-23-9-6-18(25,7-10-23)16-3-4-17-15(13-16)14-24(11-12-26-17)8-2-5-19(20,21)22/h3-4,13,25H,2,5-12,14H2,1H3. The fourth-order valence-electron chi connectivity index (χ4n) is 3.71. The maximum absolute atomic E-state index is 12.4. The molecule has 0 aliphatic carbocycles. The van der Waals surface area contributed by atoms with E-state index in [1.807, 2.05) is 30.1 Å². The van der Waals surface area contributed by atoms with Gasteiger partial charge in [-0.3, -0.25) is 4.90 Å². The van der Waals surface area contributed by atoms with Crippen LogP contribution in [-0.4, -0.2) is 60.9 Å². The highest BCUT2D eigenvalue weighted by atomic mass is 19.4. The quantitative estimate of drug-likeness (QED) is 0.881. The number of fused-ring (bicyclic) bond motifs is 1. The van der Waals surface area contributed by atoms with Crippen molar-refractivity contribution in [2.75, 3.05) is 39.8 Å². The molecule has 0 radical (unpaired) electrons. The van der Waals surface area contributed by atoms with Crippen molar-refractivity contribution < 1.29 is 23.0 Å². The Bertz CT molecular complexity index is 613. The van der Waals surface area contributed by atoms with E-state index in [-0.39, 0.29) is 6.42 Å². The average molecular weight is 372 g/mol. The summed E-state index contributed by atoms with van der Waals surface area (Å²) in [7, 11) is 2.04. The molecule has 1 aromatic carbocycles. The first-order valence-electron chi connectivity index (χ1n) is 9.21. The highest BCUT2D eigenvalue weighted by Crippen LogP contribution is 2.35. The summed E-state index contributed by atoms with van der Waals surface area (Å²) < 4.78 is 42.9. The van der Waals surface area contributed by atoms with Crippen molar-refractivity contribution in [3.8, 4) is 5.75 Å². The van der Waals surface area contributed by atoms with Crippen molar-refractivity contribution >= 4 is 0 Å². The summed E-state index contributed by atoms with van der Waals surface area (Å²) in [6, 6.07) is 5.78. The number of hydrogen-bond acceptors (Lipinski definition) is 4. The summed E-state index contributed by atoms with van der Waals surface area (Å²) in [6.45, 7) is 3.70. The number of alkyl halides is 3. The molecule has 0 saturated carbocycles. The van der Waals surface area contributed by atoms with E-state index in [0.717, 1.165) is 30.0 Å². The van der Waals surface area contributed by atoms with E-state index in [9.17, 15) is 18.3 Å². The van der Waals surface area contributed by atoms with Gasteiger partial charge in [-0.1, -0.05) is 6.07 Å². The van der Waals surface area contributed by atoms with Crippen molar-refractivity contribution in [1.29, 1.82) is 0 Å². The molecular formula is C19H27F3N2O2. The Kier molecular flexibility index (Phi) is 5.79. The normalized spacial score (nSPS) is 21.7. The largest absolute Gasteiger partial charge is 0.492 e. The predicted octanol–water partition coefficient (Wildman–Crippen LogP) is 3.14. The summed E-state index contributed by atoms with van der Waals surface area (Å²) in [5.41, 5.74) is 0.985. The third-order valence-electron chi connectivity index (χ3n) is 5.41. The lowest BCUT2D eigenvalue weighted by Crippen LogP contribution is -2.40. The molecule has 0 unspecified atom stereocenters. The van der Waals surface area contributed by atoms with Gasteiger partial charge in [-0.15, -0.1) is 0 Å². The van der Waals surface area contributed by atoms with Gasteiger partial charge in [0.1, 0.15) is 12.4 Å². The van der Waals surface area contributed by atoms with Crippen molar-refractivity contribution in [3.05, 3.63) is 29.3 Å². The molecule has 0 atom stereocenters. The molecule has 2 heterocycles. The molecule has 0 spiro atoms. The minimum atomic E-state index is -4.11. The number of ether oxygens (including phenoxy) is 1. The molecule has 3 rings (SSSR count). The third kappa shape index (κ3) is 4.90. The molecule has 1 N–H and O–H groups in total. The minimum absolute atomic E-state index is 0.0921. The van der Waals surface area contributed by atoms with Gasteiger partial charge in [0, 0.05) is 38.2 Å². The maximum atomic E-state index is 12.4. The van der Waals surface area contributed by atoms with Crippen LogP contribution in [0, 0.1) is 0 Å². The number of nitrogens with zero attached hydrogens (tertiary/aromatic N) is 2. The fourth-order valence-corrected chi connectivity index (χ4v) is 3.71. The van der Waals surface area contributed by atoms with E-state index in [2.05, 4.69) is 4.90 Å². The first-order chi connectivity index (χ1) is 12.3. The smallest absolute Gasteiger partial charge is 0.389 e.